The van der Waals surface area contributed by atoms with E-state index in [2.05, 4.69) is 10.1 Å². The van der Waals surface area contributed by atoms with Crippen LogP contribution in [0.3, 0.4) is 0 Å². The number of fused-ring (bicyclic) bond motifs is 1. The van der Waals surface area contributed by atoms with Crippen molar-refractivity contribution in [2.45, 2.75) is 6.92 Å². The number of para-hydroxylation sites is 1. The summed E-state index contributed by atoms with van der Waals surface area (Å²) in [6, 6.07) is 24.5. The van der Waals surface area contributed by atoms with E-state index >= 15 is 0 Å². The molecule has 0 amide bonds. The van der Waals surface area contributed by atoms with Crippen molar-refractivity contribution < 1.29 is 9.26 Å². The third kappa shape index (κ3) is 3.48. The van der Waals surface area contributed by atoms with Crippen LogP contribution >= 0.6 is 0 Å². The molecule has 31 heavy (non-hydrogen) atoms. The highest BCUT2D eigenvalue weighted by molar-refractivity contribution is 5.94. The van der Waals surface area contributed by atoms with Crippen molar-refractivity contribution >= 4 is 10.8 Å². The molecule has 0 radical (unpaired) electrons. The molecule has 0 unspecified atom stereocenters. The number of benzene rings is 3. The summed E-state index contributed by atoms with van der Waals surface area (Å²) in [5, 5.41) is 5.51. The van der Waals surface area contributed by atoms with Crippen molar-refractivity contribution in [2.24, 2.45) is 0 Å². The number of ether oxygens (including phenoxy) is 1. The summed E-state index contributed by atoms with van der Waals surface area (Å²) in [6.45, 7) is 2.55. The second-order valence-electron chi connectivity index (χ2n) is 6.98. The summed E-state index contributed by atoms with van der Waals surface area (Å²) in [5.41, 5.74) is 2.19. The van der Waals surface area contributed by atoms with E-state index in [9.17, 15) is 4.79 Å². The molecule has 0 aliphatic rings. The van der Waals surface area contributed by atoms with E-state index in [1.807, 2.05) is 85.8 Å². The third-order valence-electron chi connectivity index (χ3n) is 5.04. The predicted molar refractivity (Wildman–Crippen MR) is 119 cm³/mol. The van der Waals surface area contributed by atoms with Crippen molar-refractivity contribution in [3.63, 3.8) is 0 Å². The maximum Gasteiger partial charge on any atom is 0.262 e. The van der Waals surface area contributed by atoms with Gasteiger partial charge in [-0.15, -0.1) is 0 Å². The Bertz CT molecular complexity index is 1400. The maximum absolute atomic E-state index is 13.1. The summed E-state index contributed by atoms with van der Waals surface area (Å²) in [5.74, 6) is 1.61. The Hall–Kier alpha value is -4.19. The molecular weight excluding hydrogens is 390 g/mol. The normalized spacial score (nSPS) is 11.0. The van der Waals surface area contributed by atoms with Gasteiger partial charge in [0.2, 0.25) is 5.82 Å². The van der Waals surface area contributed by atoms with Gasteiger partial charge in [0.15, 0.2) is 0 Å². The van der Waals surface area contributed by atoms with E-state index in [1.54, 1.807) is 10.8 Å². The molecule has 0 fully saturated rings. The van der Waals surface area contributed by atoms with Crippen LogP contribution in [0, 0.1) is 0 Å². The second-order valence-corrected chi connectivity index (χ2v) is 6.98. The van der Waals surface area contributed by atoms with Gasteiger partial charge < -0.3 is 9.26 Å². The number of nitrogens with zero attached hydrogens (tertiary/aromatic N) is 3. The van der Waals surface area contributed by atoms with Gasteiger partial charge in [-0.3, -0.25) is 9.36 Å². The van der Waals surface area contributed by atoms with Gasteiger partial charge in [0.05, 0.1) is 12.2 Å². The summed E-state index contributed by atoms with van der Waals surface area (Å²) < 4.78 is 12.7. The minimum absolute atomic E-state index is 0.100. The Morgan fingerprint density at radius 1 is 0.903 bits per heavy atom. The largest absolute Gasteiger partial charge is 0.494 e. The van der Waals surface area contributed by atoms with E-state index in [0.29, 0.717) is 29.3 Å². The number of pyridine rings is 1. The fourth-order valence-corrected chi connectivity index (χ4v) is 3.56. The van der Waals surface area contributed by atoms with Crippen molar-refractivity contribution in [2.75, 3.05) is 6.61 Å². The van der Waals surface area contributed by atoms with Crippen LogP contribution in [0.15, 0.2) is 94.4 Å². The van der Waals surface area contributed by atoms with E-state index in [-0.39, 0.29) is 5.56 Å². The number of hydrogen-bond acceptors (Lipinski definition) is 5. The fraction of sp³-hybridized carbons (Fsp3) is 0.0800. The van der Waals surface area contributed by atoms with Crippen LogP contribution in [0.2, 0.25) is 0 Å². The van der Waals surface area contributed by atoms with Gasteiger partial charge >= 0.3 is 0 Å². The molecule has 2 heterocycles. The molecular formula is C25H19N3O3. The Balaban J connectivity index is 1.64. The minimum Gasteiger partial charge on any atom is -0.494 e. The quantitative estimate of drug-likeness (QED) is 0.404. The molecule has 0 atom stereocenters. The lowest BCUT2D eigenvalue weighted by Crippen LogP contribution is -2.18. The number of rotatable bonds is 5. The molecule has 152 valence electrons. The first-order valence-electron chi connectivity index (χ1n) is 10.0. The highest BCUT2D eigenvalue weighted by Gasteiger charge is 2.17. The predicted octanol–water partition coefficient (Wildman–Crippen LogP) is 5.11. The average Bonchev–Trinajstić information content (AvgIpc) is 3.31. The standard InChI is InChI=1S/C25H19N3O3/c1-2-30-19-14-12-17(13-15-19)23-26-24(31-27-23)22-16-28(18-8-4-3-5-9-18)25(29)21-11-7-6-10-20(21)22/h3-16H,2H2,1H3. The van der Waals surface area contributed by atoms with Crippen molar-refractivity contribution in [1.82, 2.24) is 14.7 Å². The molecule has 6 heteroatoms. The van der Waals surface area contributed by atoms with Gasteiger partial charge in [0.25, 0.3) is 11.4 Å². The van der Waals surface area contributed by atoms with Crippen molar-refractivity contribution in [3.8, 4) is 34.3 Å². The monoisotopic (exact) mass is 409 g/mol. The fourth-order valence-electron chi connectivity index (χ4n) is 3.56. The van der Waals surface area contributed by atoms with Gasteiger partial charge in [0.1, 0.15) is 5.75 Å². The molecule has 5 rings (SSSR count). The zero-order valence-corrected chi connectivity index (χ0v) is 16.9. The molecule has 5 aromatic rings. The first-order chi connectivity index (χ1) is 15.2. The molecule has 3 aromatic carbocycles. The van der Waals surface area contributed by atoms with E-state index < -0.39 is 0 Å². The molecule has 0 aliphatic carbocycles. The third-order valence-corrected chi connectivity index (χ3v) is 5.04. The summed E-state index contributed by atoms with van der Waals surface area (Å²) >= 11 is 0. The maximum atomic E-state index is 13.1. The Kier molecular flexibility index (Phi) is 4.80. The van der Waals surface area contributed by atoms with Crippen LogP contribution in [0.4, 0.5) is 0 Å². The molecule has 0 bridgehead atoms. The van der Waals surface area contributed by atoms with E-state index in [0.717, 1.165) is 22.4 Å². The minimum atomic E-state index is -0.100. The second kappa shape index (κ2) is 7.91. The molecule has 2 aromatic heterocycles. The van der Waals surface area contributed by atoms with Gasteiger partial charge in [-0.05, 0) is 49.4 Å². The van der Waals surface area contributed by atoms with Crippen LogP contribution in [-0.4, -0.2) is 21.3 Å². The molecule has 0 N–H and O–H groups in total. The zero-order chi connectivity index (χ0) is 21.2. The van der Waals surface area contributed by atoms with Crippen LogP contribution in [0.5, 0.6) is 5.75 Å². The molecule has 0 aliphatic heterocycles. The molecule has 0 saturated heterocycles. The molecule has 6 nitrogen and oxygen atoms in total. The average molecular weight is 409 g/mol. The Morgan fingerprint density at radius 3 is 2.35 bits per heavy atom. The Morgan fingerprint density at radius 2 is 1.61 bits per heavy atom. The smallest absolute Gasteiger partial charge is 0.262 e. The van der Waals surface area contributed by atoms with Gasteiger partial charge in [0, 0.05) is 28.2 Å². The van der Waals surface area contributed by atoms with Gasteiger partial charge in [-0.1, -0.05) is 41.6 Å². The lowest BCUT2D eigenvalue weighted by Gasteiger charge is -2.10. The Labute approximate surface area is 178 Å². The zero-order valence-electron chi connectivity index (χ0n) is 16.9. The summed E-state index contributed by atoms with van der Waals surface area (Å²) in [4.78, 5) is 17.7. The van der Waals surface area contributed by atoms with E-state index in [1.165, 1.54) is 0 Å². The van der Waals surface area contributed by atoms with Gasteiger partial charge in [-0.2, -0.15) is 4.98 Å². The summed E-state index contributed by atoms with van der Waals surface area (Å²) in [7, 11) is 0. The first-order valence-corrected chi connectivity index (χ1v) is 10.0. The lowest BCUT2D eigenvalue weighted by atomic mass is 10.1. The van der Waals surface area contributed by atoms with Crippen molar-refractivity contribution in [1.29, 1.82) is 0 Å². The topological polar surface area (TPSA) is 70.2 Å². The van der Waals surface area contributed by atoms with Crippen LogP contribution in [0.25, 0.3) is 39.3 Å². The van der Waals surface area contributed by atoms with Crippen LogP contribution < -0.4 is 10.3 Å². The molecule has 0 saturated carbocycles. The lowest BCUT2D eigenvalue weighted by molar-refractivity contribution is 0.340. The number of aromatic nitrogens is 3. The first kappa shape index (κ1) is 18.8. The highest BCUT2D eigenvalue weighted by Crippen LogP contribution is 2.29. The van der Waals surface area contributed by atoms with Crippen LogP contribution in [-0.2, 0) is 0 Å². The van der Waals surface area contributed by atoms with Crippen molar-refractivity contribution in [3.05, 3.63) is 95.4 Å². The number of hydrogen-bond donors (Lipinski definition) is 0. The molecule has 0 spiro atoms. The van der Waals surface area contributed by atoms with Gasteiger partial charge in [-0.25, -0.2) is 0 Å². The highest BCUT2D eigenvalue weighted by atomic mass is 16.5. The summed E-state index contributed by atoms with van der Waals surface area (Å²) in [6.07, 6.45) is 1.76. The SMILES string of the molecule is CCOc1ccc(-c2noc(-c3cn(-c4ccccc4)c(=O)c4ccccc34)n2)cc1. The van der Waals surface area contributed by atoms with Crippen LogP contribution in [0.1, 0.15) is 6.92 Å². The van der Waals surface area contributed by atoms with E-state index in [4.69, 9.17) is 9.26 Å².